The molecule has 45 heavy (non-hydrogen) atoms. The van der Waals surface area contributed by atoms with E-state index < -0.39 is 115 Å². The van der Waals surface area contributed by atoms with Gasteiger partial charge in [-0.2, -0.15) is 26.3 Å². The van der Waals surface area contributed by atoms with Crippen molar-refractivity contribution >= 4 is 58.0 Å². The van der Waals surface area contributed by atoms with Gasteiger partial charge in [0.1, 0.15) is 27.6 Å². The van der Waals surface area contributed by atoms with Gasteiger partial charge in [-0.3, -0.25) is 14.4 Å². The Hall–Kier alpha value is -3.36. The summed E-state index contributed by atoms with van der Waals surface area (Å²) in [6, 6.07) is 4.41. The van der Waals surface area contributed by atoms with Crippen LogP contribution in [0.2, 0.25) is 5.02 Å². The van der Waals surface area contributed by atoms with Crippen LogP contribution in [0.25, 0.3) is 0 Å². The van der Waals surface area contributed by atoms with Gasteiger partial charge in [-0.15, -0.1) is 23.2 Å². The Kier molecular flexibility index (Phi) is 9.28. The lowest BCUT2D eigenvalue weighted by Crippen LogP contribution is -2.25. The Bertz CT molecular complexity index is 1720. The van der Waals surface area contributed by atoms with Crippen LogP contribution in [0, 0.1) is 29.2 Å². The highest BCUT2D eigenvalue weighted by Crippen LogP contribution is 2.65. The van der Waals surface area contributed by atoms with Crippen molar-refractivity contribution in [3.8, 4) is 0 Å². The van der Waals surface area contributed by atoms with E-state index in [1.165, 1.54) is 0 Å². The third-order valence-electron chi connectivity index (χ3n) is 6.86. The van der Waals surface area contributed by atoms with Crippen LogP contribution in [0.5, 0.6) is 0 Å². The fourth-order valence-corrected chi connectivity index (χ4v) is 5.62. The van der Waals surface area contributed by atoms with Crippen molar-refractivity contribution in [2.45, 2.75) is 35.4 Å². The molecular formula is C28H14Cl3F10NO3. The number of halogens is 13. The Balaban J connectivity index is 1.57. The zero-order valence-electron chi connectivity index (χ0n) is 21.7. The molecule has 1 N–H and O–H groups in total. The topological polar surface area (TPSA) is 63.2 Å². The number of anilines is 1. The number of ketones is 2. The minimum atomic E-state index is -5.31. The van der Waals surface area contributed by atoms with Crippen LogP contribution in [0.4, 0.5) is 49.6 Å². The molecule has 17 heteroatoms. The van der Waals surface area contributed by atoms with Crippen LogP contribution in [0.1, 0.15) is 38.5 Å². The molecule has 3 aromatic carbocycles. The maximum Gasteiger partial charge on any atom is 0.450 e. The van der Waals surface area contributed by atoms with Crippen LogP contribution >= 0.6 is 34.8 Å². The number of carbonyl (C=O) groups is 3. The fourth-order valence-electron chi connectivity index (χ4n) is 4.58. The third kappa shape index (κ3) is 7.07. The van der Waals surface area contributed by atoms with Gasteiger partial charge in [-0.05, 0) is 41.5 Å². The summed E-state index contributed by atoms with van der Waals surface area (Å²) in [6.45, 7) is 0. The normalized spacial score (nSPS) is 17.6. The molecule has 4 rings (SSSR count). The van der Waals surface area contributed by atoms with E-state index >= 15 is 0 Å². The highest BCUT2D eigenvalue weighted by Gasteiger charge is 2.67. The first-order valence-corrected chi connectivity index (χ1v) is 13.4. The van der Waals surface area contributed by atoms with Crippen molar-refractivity contribution in [1.82, 2.24) is 0 Å². The second-order valence-electron chi connectivity index (χ2n) is 9.87. The second-order valence-corrected chi connectivity index (χ2v) is 11.7. The fraction of sp³-hybridized carbons (Fsp3) is 0.250. The van der Waals surface area contributed by atoms with E-state index in [9.17, 15) is 58.3 Å². The average molecular weight is 709 g/mol. The zero-order chi connectivity index (χ0) is 33.8. The minimum absolute atomic E-state index is 0.241. The van der Waals surface area contributed by atoms with Gasteiger partial charge in [0.05, 0.1) is 16.5 Å². The van der Waals surface area contributed by atoms with Crippen molar-refractivity contribution in [3.05, 3.63) is 98.6 Å². The third-order valence-corrected chi connectivity index (χ3v) is 8.18. The van der Waals surface area contributed by atoms with Crippen molar-refractivity contribution in [2.75, 3.05) is 5.32 Å². The summed E-state index contributed by atoms with van der Waals surface area (Å²) in [7, 11) is 0. The Morgan fingerprint density at radius 2 is 1.44 bits per heavy atom. The first-order chi connectivity index (χ1) is 20.6. The molecular weight excluding hydrogens is 695 g/mol. The number of hydrogen-bond acceptors (Lipinski definition) is 3. The minimum Gasteiger partial charge on any atom is -0.326 e. The largest absolute Gasteiger partial charge is 0.450 e. The molecule has 0 spiro atoms. The maximum atomic E-state index is 14.9. The van der Waals surface area contributed by atoms with Crippen LogP contribution < -0.4 is 5.32 Å². The first-order valence-electron chi connectivity index (χ1n) is 12.3. The van der Waals surface area contributed by atoms with E-state index in [2.05, 4.69) is 5.32 Å². The van der Waals surface area contributed by atoms with E-state index in [-0.39, 0.29) is 5.56 Å². The van der Waals surface area contributed by atoms with E-state index in [1.807, 2.05) is 0 Å². The van der Waals surface area contributed by atoms with Crippen molar-refractivity contribution in [1.29, 1.82) is 0 Å². The van der Waals surface area contributed by atoms with E-state index in [0.717, 1.165) is 12.1 Å². The molecule has 240 valence electrons. The smallest absolute Gasteiger partial charge is 0.326 e. The molecule has 4 nitrogen and oxygen atoms in total. The number of nitrogens with one attached hydrogen (secondary N) is 1. The van der Waals surface area contributed by atoms with Gasteiger partial charge >= 0.3 is 12.4 Å². The summed E-state index contributed by atoms with van der Waals surface area (Å²) in [4.78, 5) is 37.2. The van der Waals surface area contributed by atoms with Gasteiger partial charge in [-0.1, -0.05) is 23.7 Å². The quantitative estimate of drug-likeness (QED) is 0.145. The number of hydrogen-bond donors (Lipinski definition) is 1. The molecule has 0 unspecified atom stereocenters. The molecule has 0 bridgehead atoms. The molecule has 0 heterocycles. The van der Waals surface area contributed by atoms with E-state index in [4.69, 9.17) is 34.8 Å². The SMILES string of the molecule is O=C(Cc1c(F)ccc(CC(=O)C(F)(F)F)c1F)c1cc(NC(=O)[C@H]2[C@H](c3ccc(F)c(C(F)(F)F)c3)C2(Cl)Cl)cc(F)c1Cl. The molecule has 1 amide bonds. The Morgan fingerprint density at radius 3 is 2.04 bits per heavy atom. The summed E-state index contributed by atoms with van der Waals surface area (Å²) >= 11 is 18.1. The molecule has 1 aliphatic carbocycles. The summed E-state index contributed by atoms with van der Waals surface area (Å²) in [5, 5.41) is 1.30. The molecule has 0 aromatic heterocycles. The molecule has 0 saturated heterocycles. The van der Waals surface area contributed by atoms with Crippen LogP contribution in [-0.2, 0) is 28.6 Å². The molecule has 0 aliphatic heterocycles. The van der Waals surface area contributed by atoms with Crippen molar-refractivity contribution in [2.24, 2.45) is 5.92 Å². The van der Waals surface area contributed by atoms with Gasteiger partial charge < -0.3 is 5.32 Å². The molecule has 1 saturated carbocycles. The summed E-state index contributed by atoms with van der Waals surface area (Å²) in [6.07, 6.45) is -13.1. The summed E-state index contributed by atoms with van der Waals surface area (Å²) in [5.74, 6) is -13.3. The maximum absolute atomic E-state index is 14.9. The van der Waals surface area contributed by atoms with Crippen LogP contribution in [0.15, 0.2) is 42.5 Å². The Morgan fingerprint density at radius 1 is 0.822 bits per heavy atom. The lowest BCUT2D eigenvalue weighted by atomic mass is 9.97. The predicted octanol–water partition coefficient (Wildman–Crippen LogP) is 8.54. The zero-order valence-corrected chi connectivity index (χ0v) is 24.0. The first kappa shape index (κ1) is 34.5. The van der Waals surface area contributed by atoms with Gasteiger partial charge in [0.15, 0.2) is 5.78 Å². The lowest BCUT2D eigenvalue weighted by Gasteiger charge is -2.12. The Labute approximate surface area is 261 Å². The summed E-state index contributed by atoms with van der Waals surface area (Å²) < 4.78 is 133. The lowest BCUT2D eigenvalue weighted by molar-refractivity contribution is -0.170. The molecule has 2 atom stereocenters. The number of benzene rings is 3. The predicted molar refractivity (Wildman–Crippen MR) is 141 cm³/mol. The monoisotopic (exact) mass is 707 g/mol. The molecule has 0 radical (unpaired) electrons. The van der Waals surface area contributed by atoms with Crippen LogP contribution in [0.3, 0.4) is 0 Å². The second kappa shape index (κ2) is 12.1. The number of rotatable bonds is 8. The van der Waals surface area contributed by atoms with E-state index in [1.54, 1.807) is 0 Å². The molecule has 3 aromatic rings. The highest BCUT2D eigenvalue weighted by atomic mass is 35.5. The number of Topliss-reactive ketones (excluding diaryl/α,β-unsaturated/α-hetero) is 2. The van der Waals surface area contributed by atoms with Gasteiger partial charge in [0.2, 0.25) is 11.7 Å². The number of carbonyl (C=O) groups excluding carboxylic acids is 3. The standard InChI is InChI=1S/C28H14Cl3F10NO3/c29-23-14(19(43)9-13-16(32)3-2-11(24(13)35)6-20(44)28(39,40)41)7-12(8-18(23)34)42-25(45)22-21(26(22,30)31)10-1-4-17(33)15(5-10)27(36,37)38/h1-5,7-8,21-22H,6,9H2,(H,42,45)/t21-,22+/m0/s1. The highest BCUT2D eigenvalue weighted by molar-refractivity contribution is 6.53. The van der Waals surface area contributed by atoms with E-state index in [0.29, 0.717) is 30.3 Å². The van der Waals surface area contributed by atoms with Gasteiger partial charge in [0.25, 0.3) is 0 Å². The average Bonchev–Trinajstić information content (AvgIpc) is 3.50. The summed E-state index contributed by atoms with van der Waals surface area (Å²) in [5.41, 5.74) is -5.00. The van der Waals surface area contributed by atoms with Gasteiger partial charge in [0, 0.05) is 35.6 Å². The molecule has 1 fully saturated rings. The van der Waals surface area contributed by atoms with Crippen LogP contribution in [-0.4, -0.2) is 28.0 Å². The van der Waals surface area contributed by atoms with Crippen molar-refractivity contribution in [3.63, 3.8) is 0 Å². The number of alkyl halides is 8. The van der Waals surface area contributed by atoms with Crippen molar-refractivity contribution < 1.29 is 58.3 Å². The molecule has 1 aliphatic rings. The van der Waals surface area contributed by atoms with Gasteiger partial charge in [-0.25, -0.2) is 17.6 Å². The number of amides is 1.